The third kappa shape index (κ3) is 2.45. The van der Waals surface area contributed by atoms with Crippen LogP contribution in [-0.2, 0) is 4.79 Å². The molecule has 0 radical (unpaired) electrons. The number of carbonyl (C=O) groups excluding carboxylic acids is 1. The zero-order chi connectivity index (χ0) is 10.6. The van der Waals surface area contributed by atoms with Crippen molar-refractivity contribution in [2.24, 2.45) is 5.41 Å². The second-order valence-corrected chi connectivity index (χ2v) is 4.26. The van der Waals surface area contributed by atoms with E-state index in [0.29, 0.717) is 6.54 Å². The summed E-state index contributed by atoms with van der Waals surface area (Å²) in [4.78, 5) is 13.6. The number of rotatable bonds is 3. The molecule has 1 amide bonds. The third-order valence-electron chi connectivity index (χ3n) is 3.01. The molecule has 14 heavy (non-hydrogen) atoms. The molecule has 0 spiro atoms. The molecule has 0 aromatic carbocycles. The Balaban J connectivity index is 2.56. The standard InChI is InChI=1S/C10H20N2O2/c1-10(3-5-11-6-4-10)9(14)12(2)7-8-13/h11,13H,3-8H2,1-2H3. The molecule has 82 valence electrons. The van der Waals surface area contributed by atoms with Crippen LogP contribution in [0.25, 0.3) is 0 Å². The molecule has 4 nitrogen and oxygen atoms in total. The summed E-state index contributed by atoms with van der Waals surface area (Å²) in [5, 5.41) is 12.0. The largest absolute Gasteiger partial charge is 0.395 e. The van der Waals surface area contributed by atoms with E-state index in [4.69, 9.17) is 5.11 Å². The van der Waals surface area contributed by atoms with E-state index in [-0.39, 0.29) is 17.9 Å². The molecule has 0 aliphatic carbocycles. The smallest absolute Gasteiger partial charge is 0.228 e. The molecule has 0 saturated carbocycles. The van der Waals surface area contributed by atoms with E-state index in [1.165, 1.54) is 0 Å². The van der Waals surface area contributed by atoms with E-state index in [0.717, 1.165) is 25.9 Å². The van der Waals surface area contributed by atoms with Crippen molar-refractivity contribution in [3.63, 3.8) is 0 Å². The van der Waals surface area contributed by atoms with Crippen LogP contribution in [0.3, 0.4) is 0 Å². The molecule has 4 heteroatoms. The van der Waals surface area contributed by atoms with Gasteiger partial charge in [-0.3, -0.25) is 4.79 Å². The monoisotopic (exact) mass is 200 g/mol. The summed E-state index contributed by atoms with van der Waals surface area (Å²) in [6.45, 7) is 4.31. The van der Waals surface area contributed by atoms with Gasteiger partial charge in [0.15, 0.2) is 0 Å². The molecule has 1 saturated heterocycles. The second-order valence-electron chi connectivity index (χ2n) is 4.26. The summed E-state index contributed by atoms with van der Waals surface area (Å²) < 4.78 is 0. The Morgan fingerprint density at radius 2 is 2.07 bits per heavy atom. The highest BCUT2D eigenvalue weighted by Gasteiger charge is 2.36. The molecule has 1 aliphatic rings. The first-order valence-electron chi connectivity index (χ1n) is 5.17. The SMILES string of the molecule is CN(CCO)C(=O)C1(C)CCNCC1. The van der Waals surface area contributed by atoms with Crippen molar-refractivity contribution >= 4 is 5.91 Å². The Hall–Kier alpha value is -0.610. The molecular formula is C10H20N2O2. The van der Waals surface area contributed by atoms with Gasteiger partial charge >= 0.3 is 0 Å². The van der Waals surface area contributed by atoms with Crippen LogP contribution in [-0.4, -0.2) is 49.2 Å². The number of carbonyl (C=O) groups is 1. The molecule has 1 rings (SSSR count). The quantitative estimate of drug-likeness (QED) is 0.665. The van der Waals surface area contributed by atoms with Crippen molar-refractivity contribution in [2.75, 3.05) is 33.3 Å². The molecule has 0 bridgehead atoms. The highest BCUT2D eigenvalue weighted by atomic mass is 16.3. The third-order valence-corrected chi connectivity index (χ3v) is 3.01. The van der Waals surface area contributed by atoms with Gasteiger partial charge in [0.2, 0.25) is 5.91 Å². The number of aliphatic hydroxyl groups excluding tert-OH is 1. The highest BCUT2D eigenvalue weighted by Crippen LogP contribution is 2.29. The fourth-order valence-corrected chi connectivity index (χ4v) is 1.90. The van der Waals surface area contributed by atoms with Gasteiger partial charge in [-0.05, 0) is 25.9 Å². The number of aliphatic hydroxyl groups is 1. The zero-order valence-electron chi connectivity index (χ0n) is 9.05. The van der Waals surface area contributed by atoms with E-state index < -0.39 is 0 Å². The minimum atomic E-state index is -0.227. The van der Waals surface area contributed by atoms with E-state index in [1.807, 2.05) is 6.92 Å². The molecule has 0 atom stereocenters. The lowest BCUT2D eigenvalue weighted by Gasteiger charge is -2.35. The van der Waals surface area contributed by atoms with Crippen molar-refractivity contribution in [3.05, 3.63) is 0 Å². The fourth-order valence-electron chi connectivity index (χ4n) is 1.90. The van der Waals surface area contributed by atoms with Crippen LogP contribution in [0.5, 0.6) is 0 Å². The summed E-state index contributed by atoms with van der Waals surface area (Å²) in [7, 11) is 1.76. The van der Waals surface area contributed by atoms with Crippen molar-refractivity contribution in [1.82, 2.24) is 10.2 Å². The van der Waals surface area contributed by atoms with E-state index in [9.17, 15) is 4.79 Å². The predicted molar refractivity (Wildman–Crippen MR) is 54.9 cm³/mol. The minimum absolute atomic E-state index is 0.0383. The van der Waals surface area contributed by atoms with Crippen molar-refractivity contribution in [3.8, 4) is 0 Å². The summed E-state index contributed by atoms with van der Waals surface area (Å²) >= 11 is 0. The second kappa shape index (κ2) is 4.75. The maximum atomic E-state index is 12.0. The van der Waals surface area contributed by atoms with Gasteiger partial charge in [-0.15, -0.1) is 0 Å². The Morgan fingerprint density at radius 1 is 1.50 bits per heavy atom. The van der Waals surface area contributed by atoms with Gasteiger partial charge in [0.25, 0.3) is 0 Å². The maximum absolute atomic E-state index is 12.0. The van der Waals surface area contributed by atoms with Crippen LogP contribution in [0.1, 0.15) is 19.8 Å². The molecule has 0 aromatic heterocycles. The topological polar surface area (TPSA) is 52.6 Å². The first-order chi connectivity index (χ1) is 6.60. The summed E-state index contributed by atoms with van der Waals surface area (Å²) in [5.74, 6) is 0.160. The highest BCUT2D eigenvalue weighted by molar-refractivity contribution is 5.82. The van der Waals surface area contributed by atoms with Crippen LogP contribution in [0.15, 0.2) is 0 Å². The molecule has 0 unspecified atom stereocenters. The van der Waals surface area contributed by atoms with Crippen molar-refractivity contribution < 1.29 is 9.90 Å². The number of nitrogens with one attached hydrogen (secondary N) is 1. The zero-order valence-corrected chi connectivity index (χ0v) is 9.05. The number of hydrogen-bond acceptors (Lipinski definition) is 3. The number of piperidine rings is 1. The Morgan fingerprint density at radius 3 is 2.57 bits per heavy atom. The Kier molecular flexibility index (Phi) is 3.89. The number of likely N-dealkylation sites (N-methyl/N-ethyl adjacent to an activating group) is 1. The van der Waals surface area contributed by atoms with Crippen LogP contribution < -0.4 is 5.32 Å². The number of amides is 1. The lowest BCUT2D eigenvalue weighted by molar-refractivity contribution is -0.141. The van der Waals surface area contributed by atoms with Crippen LogP contribution in [0.4, 0.5) is 0 Å². The van der Waals surface area contributed by atoms with Gasteiger partial charge < -0.3 is 15.3 Å². The molecule has 2 N–H and O–H groups in total. The van der Waals surface area contributed by atoms with Crippen LogP contribution in [0, 0.1) is 5.41 Å². The summed E-state index contributed by atoms with van der Waals surface area (Å²) in [5.41, 5.74) is -0.227. The maximum Gasteiger partial charge on any atom is 0.228 e. The van der Waals surface area contributed by atoms with Crippen LogP contribution in [0.2, 0.25) is 0 Å². The molecule has 1 aliphatic heterocycles. The van der Waals surface area contributed by atoms with Gasteiger partial charge in [0.1, 0.15) is 0 Å². The molecule has 1 fully saturated rings. The predicted octanol–water partition coefficient (Wildman–Crippen LogP) is -0.173. The fraction of sp³-hybridized carbons (Fsp3) is 0.900. The van der Waals surface area contributed by atoms with Gasteiger partial charge in [0.05, 0.1) is 6.61 Å². The van der Waals surface area contributed by atoms with Gasteiger partial charge in [0, 0.05) is 19.0 Å². The van der Waals surface area contributed by atoms with Crippen molar-refractivity contribution in [1.29, 1.82) is 0 Å². The number of hydrogen-bond donors (Lipinski definition) is 2. The van der Waals surface area contributed by atoms with Gasteiger partial charge in [-0.25, -0.2) is 0 Å². The normalized spacial score (nSPS) is 20.5. The minimum Gasteiger partial charge on any atom is -0.395 e. The van der Waals surface area contributed by atoms with Gasteiger partial charge in [-0.2, -0.15) is 0 Å². The van der Waals surface area contributed by atoms with Crippen LogP contribution >= 0.6 is 0 Å². The van der Waals surface area contributed by atoms with Crippen molar-refractivity contribution in [2.45, 2.75) is 19.8 Å². The average molecular weight is 200 g/mol. The first kappa shape index (κ1) is 11.5. The molecular weight excluding hydrogens is 180 g/mol. The Bertz CT molecular complexity index is 200. The van der Waals surface area contributed by atoms with E-state index in [2.05, 4.69) is 5.32 Å². The molecule has 1 heterocycles. The van der Waals surface area contributed by atoms with E-state index >= 15 is 0 Å². The van der Waals surface area contributed by atoms with E-state index in [1.54, 1.807) is 11.9 Å². The lowest BCUT2D eigenvalue weighted by Crippen LogP contribution is -2.47. The Labute approximate surface area is 85.3 Å². The first-order valence-corrected chi connectivity index (χ1v) is 5.17. The summed E-state index contributed by atoms with van der Waals surface area (Å²) in [6.07, 6.45) is 1.78. The lowest BCUT2D eigenvalue weighted by atomic mass is 9.80. The average Bonchev–Trinajstić information content (AvgIpc) is 2.18. The number of nitrogens with zero attached hydrogens (tertiary/aromatic N) is 1. The molecule has 0 aromatic rings. The van der Waals surface area contributed by atoms with Gasteiger partial charge in [-0.1, -0.05) is 6.92 Å². The summed E-state index contributed by atoms with van der Waals surface area (Å²) in [6, 6.07) is 0.